The standard InChI is InChI=1S/C23H29ClN2O4S/c1-6-29-21(27)19-17-11-12-26(14(2)3)13-18(17)31-20(19)25-22(28)23(4,5)30-16-9-7-15(24)8-10-16/h7-10,14H,6,11-13H2,1-5H3,(H,25,28). The molecule has 8 heteroatoms. The molecule has 6 nitrogen and oxygen atoms in total. The summed E-state index contributed by atoms with van der Waals surface area (Å²) < 4.78 is 11.2. The average molecular weight is 465 g/mol. The molecule has 0 atom stereocenters. The number of nitrogens with one attached hydrogen (secondary N) is 1. The highest BCUT2D eigenvalue weighted by molar-refractivity contribution is 7.17. The number of benzene rings is 1. The van der Waals surface area contributed by atoms with E-state index in [1.165, 1.54) is 11.3 Å². The van der Waals surface area contributed by atoms with E-state index in [1.807, 2.05) is 0 Å². The molecule has 0 aliphatic carbocycles. The number of rotatable bonds is 7. The van der Waals surface area contributed by atoms with Gasteiger partial charge in [-0.15, -0.1) is 11.3 Å². The van der Waals surface area contributed by atoms with Gasteiger partial charge in [-0.1, -0.05) is 11.6 Å². The van der Waals surface area contributed by atoms with Crippen LogP contribution in [0.3, 0.4) is 0 Å². The predicted molar refractivity (Wildman–Crippen MR) is 124 cm³/mol. The molecule has 0 radical (unpaired) electrons. The van der Waals surface area contributed by atoms with Gasteiger partial charge in [0.2, 0.25) is 0 Å². The lowest BCUT2D eigenvalue weighted by atomic mass is 10.0. The average Bonchev–Trinajstić information content (AvgIpc) is 3.06. The van der Waals surface area contributed by atoms with Gasteiger partial charge in [0.25, 0.3) is 5.91 Å². The zero-order valence-corrected chi connectivity index (χ0v) is 20.2. The summed E-state index contributed by atoms with van der Waals surface area (Å²) in [6.45, 7) is 11.4. The van der Waals surface area contributed by atoms with E-state index in [9.17, 15) is 9.59 Å². The summed E-state index contributed by atoms with van der Waals surface area (Å²) >= 11 is 7.37. The molecule has 0 saturated heterocycles. The van der Waals surface area contributed by atoms with Gasteiger partial charge < -0.3 is 14.8 Å². The highest BCUT2D eigenvalue weighted by atomic mass is 35.5. The van der Waals surface area contributed by atoms with Gasteiger partial charge >= 0.3 is 5.97 Å². The van der Waals surface area contributed by atoms with Crippen molar-refractivity contribution in [2.24, 2.45) is 0 Å². The molecule has 2 heterocycles. The van der Waals surface area contributed by atoms with Gasteiger partial charge in [0.1, 0.15) is 10.8 Å². The second-order valence-corrected chi connectivity index (χ2v) is 9.80. The molecule has 31 heavy (non-hydrogen) atoms. The Balaban J connectivity index is 1.86. The number of fused-ring (bicyclic) bond motifs is 1. The van der Waals surface area contributed by atoms with Crippen molar-refractivity contribution >= 4 is 39.8 Å². The summed E-state index contributed by atoms with van der Waals surface area (Å²) in [5, 5.41) is 4.04. The summed E-state index contributed by atoms with van der Waals surface area (Å²) in [7, 11) is 0. The summed E-state index contributed by atoms with van der Waals surface area (Å²) in [4.78, 5) is 29.3. The number of anilines is 1. The Hall–Kier alpha value is -2.09. The Morgan fingerprint density at radius 2 is 1.94 bits per heavy atom. The Labute approximate surface area is 192 Å². The number of hydrogen-bond donors (Lipinski definition) is 1. The van der Waals surface area contributed by atoms with Crippen LogP contribution in [0.15, 0.2) is 24.3 Å². The molecular weight excluding hydrogens is 436 g/mol. The molecule has 0 fully saturated rings. The first-order valence-electron chi connectivity index (χ1n) is 10.4. The zero-order chi connectivity index (χ0) is 22.8. The third-order valence-corrected chi connectivity index (χ3v) is 6.64. The minimum Gasteiger partial charge on any atom is -0.478 e. The lowest BCUT2D eigenvalue weighted by Gasteiger charge is -2.30. The van der Waals surface area contributed by atoms with Crippen molar-refractivity contribution in [3.63, 3.8) is 0 Å². The van der Waals surface area contributed by atoms with E-state index in [0.29, 0.717) is 27.4 Å². The topological polar surface area (TPSA) is 67.9 Å². The molecule has 0 bridgehead atoms. The van der Waals surface area contributed by atoms with Crippen LogP contribution in [0.5, 0.6) is 5.75 Å². The zero-order valence-electron chi connectivity index (χ0n) is 18.6. The van der Waals surface area contributed by atoms with E-state index >= 15 is 0 Å². The molecule has 2 aromatic rings. The van der Waals surface area contributed by atoms with Crippen molar-refractivity contribution < 1.29 is 19.1 Å². The fraction of sp³-hybridized carbons (Fsp3) is 0.478. The van der Waals surface area contributed by atoms with Gasteiger partial charge in [0.05, 0.1) is 12.2 Å². The highest BCUT2D eigenvalue weighted by Crippen LogP contribution is 2.38. The van der Waals surface area contributed by atoms with Crippen LogP contribution in [0.1, 0.15) is 55.4 Å². The fourth-order valence-electron chi connectivity index (χ4n) is 3.47. The smallest absolute Gasteiger partial charge is 0.341 e. The van der Waals surface area contributed by atoms with Gasteiger partial charge in [-0.25, -0.2) is 4.79 Å². The van der Waals surface area contributed by atoms with Crippen LogP contribution in [0, 0.1) is 0 Å². The Morgan fingerprint density at radius 3 is 2.55 bits per heavy atom. The Kier molecular flexibility index (Phi) is 7.29. The van der Waals surface area contributed by atoms with Crippen molar-refractivity contribution in [3.8, 4) is 5.75 Å². The molecule has 168 valence electrons. The van der Waals surface area contributed by atoms with Gasteiger partial charge in [-0.3, -0.25) is 9.69 Å². The van der Waals surface area contributed by atoms with Crippen molar-refractivity contribution in [3.05, 3.63) is 45.3 Å². The van der Waals surface area contributed by atoms with Crippen LogP contribution < -0.4 is 10.1 Å². The number of hydrogen-bond acceptors (Lipinski definition) is 6. The molecule has 3 rings (SSSR count). The molecule has 1 amide bonds. The third-order valence-electron chi connectivity index (χ3n) is 5.26. The molecule has 1 aromatic heterocycles. The van der Waals surface area contributed by atoms with Crippen LogP contribution in [0.25, 0.3) is 0 Å². The molecular formula is C23H29ClN2O4S. The summed E-state index contributed by atoms with van der Waals surface area (Å²) in [6.07, 6.45) is 0.749. The Bertz CT molecular complexity index is 953. The largest absolute Gasteiger partial charge is 0.478 e. The first kappa shape index (κ1) is 23.6. The maximum Gasteiger partial charge on any atom is 0.341 e. The van der Waals surface area contributed by atoms with E-state index in [-0.39, 0.29) is 12.5 Å². The van der Waals surface area contributed by atoms with E-state index in [0.717, 1.165) is 30.0 Å². The molecule has 1 aliphatic heterocycles. The SMILES string of the molecule is CCOC(=O)c1c(NC(=O)C(C)(C)Oc2ccc(Cl)cc2)sc2c1CCN(C(C)C)C2. The maximum atomic E-state index is 13.1. The lowest BCUT2D eigenvalue weighted by Crippen LogP contribution is -2.42. The highest BCUT2D eigenvalue weighted by Gasteiger charge is 2.34. The molecule has 1 aliphatic rings. The van der Waals surface area contributed by atoms with Crippen molar-refractivity contribution in [1.82, 2.24) is 4.90 Å². The van der Waals surface area contributed by atoms with E-state index in [4.69, 9.17) is 21.1 Å². The summed E-state index contributed by atoms with van der Waals surface area (Å²) in [5.41, 5.74) is 0.293. The second-order valence-electron chi connectivity index (χ2n) is 8.26. The first-order chi connectivity index (χ1) is 14.6. The maximum absolute atomic E-state index is 13.1. The number of carbonyl (C=O) groups excluding carboxylic acids is 2. The van der Waals surface area contributed by atoms with Crippen molar-refractivity contribution in [1.29, 1.82) is 0 Å². The van der Waals surface area contributed by atoms with Crippen LogP contribution in [0.2, 0.25) is 5.02 Å². The second kappa shape index (κ2) is 9.59. The quantitative estimate of drug-likeness (QED) is 0.574. The summed E-state index contributed by atoms with van der Waals surface area (Å²) in [6, 6.07) is 7.25. The molecule has 0 spiro atoms. The molecule has 1 aromatic carbocycles. The predicted octanol–water partition coefficient (Wildman–Crippen LogP) is 5.14. The van der Waals surface area contributed by atoms with E-state index in [1.54, 1.807) is 45.0 Å². The van der Waals surface area contributed by atoms with Crippen LogP contribution in [-0.2, 0) is 22.5 Å². The van der Waals surface area contributed by atoms with E-state index < -0.39 is 11.6 Å². The van der Waals surface area contributed by atoms with Crippen molar-refractivity contribution in [2.75, 3.05) is 18.5 Å². The number of nitrogens with zero attached hydrogens (tertiary/aromatic N) is 1. The van der Waals surface area contributed by atoms with Crippen molar-refractivity contribution in [2.45, 2.75) is 59.2 Å². The number of ether oxygens (including phenoxy) is 2. The van der Waals surface area contributed by atoms with Gasteiger partial charge in [-0.05, 0) is 70.9 Å². The fourth-order valence-corrected chi connectivity index (χ4v) is 4.85. The lowest BCUT2D eigenvalue weighted by molar-refractivity contribution is -0.128. The van der Waals surface area contributed by atoms with Gasteiger partial charge in [0.15, 0.2) is 5.60 Å². The number of amides is 1. The number of thiophene rings is 1. The van der Waals surface area contributed by atoms with Gasteiger partial charge in [0, 0.05) is 29.0 Å². The molecule has 1 N–H and O–H groups in total. The van der Waals surface area contributed by atoms with Crippen LogP contribution in [-0.4, -0.2) is 41.6 Å². The number of carbonyl (C=O) groups is 2. The minimum atomic E-state index is -1.16. The van der Waals surface area contributed by atoms with Crippen LogP contribution in [0.4, 0.5) is 5.00 Å². The number of halogens is 1. The molecule has 0 saturated carbocycles. The Morgan fingerprint density at radius 1 is 1.26 bits per heavy atom. The minimum absolute atomic E-state index is 0.278. The van der Waals surface area contributed by atoms with Gasteiger partial charge in [-0.2, -0.15) is 0 Å². The molecule has 0 unspecified atom stereocenters. The third kappa shape index (κ3) is 5.40. The normalized spacial score (nSPS) is 14.3. The summed E-state index contributed by atoms with van der Waals surface area (Å²) in [5.74, 6) is -0.203. The van der Waals surface area contributed by atoms with Crippen LogP contribution >= 0.6 is 22.9 Å². The first-order valence-corrected chi connectivity index (χ1v) is 11.6. The monoisotopic (exact) mass is 464 g/mol. The van der Waals surface area contributed by atoms with E-state index in [2.05, 4.69) is 24.1 Å². The number of esters is 1.